The Bertz CT molecular complexity index is 955. The third kappa shape index (κ3) is 3.48. The maximum atomic E-state index is 12.9. The van der Waals surface area contributed by atoms with Crippen molar-refractivity contribution >= 4 is 23.3 Å². The number of nitrogens with zero attached hydrogens (tertiary/aromatic N) is 3. The number of aryl methyl sites for hydroxylation is 1. The molecule has 0 saturated carbocycles. The van der Waals surface area contributed by atoms with Gasteiger partial charge in [-0.15, -0.1) is 11.3 Å². The second-order valence-corrected chi connectivity index (χ2v) is 7.58. The SMILES string of the molecule is C[C@]1(CCc2ccccc2)NC(=O)N(Cc2nc(-c3cccs3)no2)C1=O. The summed E-state index contributed by atoms with van der Waals surface area (Å²) < 4.78 is 5.22. The van der Waals surface area contributed by atoms with Crippen LogP contribution in [0.15, 0.2) is 52.4 Å². The molecule has 4 rings (SSSR count). The Balaban J connectivity index is 1.45. The van der Waals surface area contributed by atoms with Gasteiger partial charge in [0, 0.05) is 0 Å². The van der Waals surface area contributed by atoms with E-state index < -0.39 is 11.6 Å². The fourth-order valence-electron chi connectivity index (χ4n) is 3.06. The summed E-state index contributed by atoms with van der Waals surface area (Å²) in [6.07, 6.45) is 1.21. The van der Waals surface area contributed by atoms with Gasteiger partial charge in [-0.3, -0.25) is 9.69 Å². The molecule has 3 heterocycles. The van der Waals surface area contributed by atoms with E-state index >= 15 is 0 Å². The zero-order chi connectivity index (χ0) is 18.9. The highest BCUT2D eigenvalue weighted by atomic mass is 32.1. The first-order chi connectivity index (χ1) is 13.0. The molecule has 1 fully saturated rings. The average Bonchev–Trinajstić information content (AvgIpc) is 3.39. The van der Waals surface area contributed by atoms with Crippen LogP contribution >= 0.6 is 11.3 Å². The number of hydrogen-bond acceptors (Lipinski definition) is 6. The lowest BCUT2D eigenvalue weighted by Gasteiger charge is -2.21. The van der Waals surface area contributed by atoms with Crippen molar-refractivity contribution < 1.29 is 14.1 Å². The predicted octanol–water partition coefficient (Wildman–Crippen LogP) is 3.24. The van der Waals surface area contributed by atoms with Gasteiger partial charge >= 0.3 is 6.03 Å². The largest absolute Gasteiger partial charge is 0.337 e. The third-order valence-corrected chi connectivity index (χ3v) is 5.47. The van der Waals surface area contributed by atoms with Crippen LogP contribution in [0.3, 0.4) is 0 Å². The summed E-state index contributed by atoms with van der Waals surface area (Å²) in [7, 11) is 0. The Morgan fingerprint density at radius 1 is 1.19 bits per heavy atom. The zero-order valence-electron chi connectivity index (χ0n) is 14.7. The summed E-state index contributed by atoms with van der Waals surface area (Å²) in [6.45, 7) is 1.71. The molecule has 0 spiro atoms. The zero-order valence-corrected chi connectivity index (χ0v) is 15.5. The normalized spacial score (nSPS) is 19.5. The standard InChI is InChI=1S/C19H18N4O3S/c1-19(10-9-13-6-3-2-4-7-13)17(24)23(18(25)21-19)12-15-20-16(22-26-15)14-8-5-11-27-14/h2-8,11H,9-10,12H2,1H3,(H,21,25)/t19-/m1/s1. The van der Waals surface area contributed by atoms with Crippen LogP contribution < -0.4 is 5.32 Å². The molecule has 3 aromatic rings. The van der Waals surface area contributed by atoms with Gasteiger partial charge in [0.15, 0.2) is 0 Å². The van der Waals surface area contributed by atoms with Gasteiger partial charge in [-0.25, -0.2) is 4.79 Å². The number of hydrogen-bond donors (Lipinski definition) is 1. The van der Waals surface area contributed by atoms with E-state index in [1.165, 1.54) is 11.3 Å². The van der Waals surface area contributed by atoms with Crippen molar-refractivity contribution in [3.05, 3.63) is 59.3 Å². The van der Waals surface area contributed by atoms with Crippen LogP contribution in [0, 0.1) is 0 Å². The van der Waals surface area contributed by atoms with Gasteiger partial charge in [0.25, 0.3) is 5.91 Å². The number of rotatable bonds is 6. The monoisotopic (exact) mass is 382 g/mol. The Labute approximate surface area is 160 Å². The lowest BCUT2D eigenvalue weighted by molar-refractivity contribution is -0.131. The van der Waals surface area contributed by atoms with Gasteiger partial charge in [0.1, 0.15) is 12.1 Å². The number of thiophene rings is 1. The number of benzene rings is 1. The van der Waals surface area contributed by atoms with Crippen molar-refractivity contribution in [1.29, 1.82) is 0 Å². The van der Waals surface area contributed by atoms with Gasteiger partial charge in [-0.2, -0.15) is 4.98 Å². The minimum atomic E-state index is -0.941. The molecular formula is C19H18N4O3S. The molecule has 0 bridgehead atoms. The highest BCUT2D eigenvalue weighted by Gasteiger charge is 2.47. The highest BCUT2D eigenvalue weighted by molar-refractivity contribution is 7.13. The number of amides is 3. The fourth-order valence-corrected chi connectivity index (χ4v) is 3.71. The fraction of sp³-hybridized carbons (Fsp3) is 0.263. The predicted molar refractivity (Wildman–Crippen MR) is 99.9 cm³/mol. The van der Waals surface area contributed by atoms with Crippen molar-refractivity contribution in [2.24, 2.45) is 0 Å². The summed E-state index contributed by atoms with van der Waals surface area (Å²) in [5.41, 5.74) is 0.181. The molecule has 1 aromatic carbocycles. The molecular weight excluding hydrogens is 364 g/mol. The lowest BCUT2D eigenvalue weighted by Crippen LogP contribution is -2.44. The molecule has 138 valence electrons. The number of imide groups is 1. The van der Waals surface area contributed by atoms with Crippen molar-refractivity contribution in [1.82, 2.24) is 20.4 Å². The third-order valence-electron chi connectivity index (χ3n) is 4.60. The average molecular weight is 382 g/mol. The maximum Gasteiger partial charge on any atom is 0.325 e. The van der Waals surface area contributed by atoms with Crippen LogP contribution in [-0.4, -0.2) is 32.5 Å². The van der Waals surface area contributed by atoms with E-state index in [0.717, 1.165) is 15.3 Å². The first-order valence-electron chi connectivity index (χ1n) is 8.60. The molecule has 0 radical (unpaired) electrons. The summed E-state index contributed by atoms with van der Waals surface area (Å²) in [6, 6.07) is 13.2. The van der Waals surface area contributed by atoms with Crippen molar-refractivity contribution in [2.75, 3.05) is 0 Å². The second kappa shape index (κ2) is 6.96. The smallest absolute Gasteiger partial charge is 0.325 e. The van der Waals surface area contributed by atoms with E-state index in [2.05, 4.69) is 15.5 Å². The Morgan fingerprint density at radius 3 is 2.74 bits per heavy atom. The van der Waals surface area contributed by atoms with E-state index in [-0.39, 0.29) is 18.3 Å². The van der Waals surface area contributed by atoms with E-state index in [4.69, 9.17) is 4.52 Å². The van der Waals surface area contributed by atoms with E-state index in [0.29, 0.717) is 18.7 Å². The summed E-state index contributed by atoms with van der Waals surface area (Å²) >= 11 is 1.49. The molecule has 1 aliphatic heterocycles. The van der Waals surface area contributed by atoms with E-state index in [1.54, 1.807) is 6.92 Å². The van der Waals surface area contributed by atoms with Crippen molar-refractivity contribution in [3.63, 3.8) is 0 Å². The van der Waals surface area contributed by atoms with E-state index in [9.17, 15) is 9.59 Å². The molecule has 1 atom stereocenters. The molecule has 2 aromatic heterocycles. The molecule has 3 amide bonds. The lowest BCUT2D eigenvalue weighted by atomic mass is 9.93. The van der Waals surface area contributed by atoms with Crippen molar-refractivity contribution in [3.8, 4) is 10.7 Å². The summed E-state index contributed by atoms with van der Waals surface area (Å²) in [4.78, 5) is 31.5. The first-order valence-corrected chi connectivity index (χ1v) is 9.48. The molecule has 1 aliphatic rings. The minimum Gasteiger partial charge on any atom is -0.337 e. The van der Waals surface area contributed by atoms with Gasteiger partial charge in [-0.1, -0.05) is 41.6 Å². The maximum absolute atomic E-state index is 12.9. The number of aromatic nitrogens is 2. The summed E-state index contributed by atoms with van der Waals surface area (Å²) in [5, 5.41) is 8.64. The number of nitrogens with one attached hydrogen (secondary N) is 1. The molecule has 1 N–H and O–H groups in total. The number of urea groups is 1. The Morgan fingerprint density at radius 2 is 2.00 bits per heavy atom. The molecule has 0 aliphatic carbocycles. The Kier molecular flexibility index (Phi) is 4.49. The molecule has 27 heavy (non-hydrogen) atoms. The van der Waals surface area contributed by atoms with Crippen LogP contribution in [0.4, 0.5) is 4.79 Å². The quantitative estimate of drug-likeness (QED) is 0.661. The Hall–Kier alpha value is -3.00. The van der Waals surface area contributed by atoms with Gasteiger partial charge in [-0.05, 0) is 36.8 Å². The van der Waals surface area contributed by atoms with E-state index in [1.807, 2.05) is 47.8 Å². The van der Waals surface area contributed by atoms with Gasteiger partial charge in [0.05, 0.1) is 4.88 Å². The first kappa shape index (κ1) is 17.4. The summed E-state index contributed by atoms with van der Waals surface area (Å²) in [5.74, 6) is 0.410. The van der Waals surface area contributed by atoms with Crippen molar-refractivity contribution in [2.45, 2.75) is 31.8 Å². The molecule has 8 heteroatoms. The molecule has 7 nitrogen and oxygen atoms in total. The number of carbonyl (C=O) groups excluding carboxylic acids is 2. The van der Waals surface area contributed by atoms with Crippen LogP contribution in [0.2, 0.25) is 0 Å². The topological polar surface area (TPSA) is 88.3 Å². The highest BCUT2D eigenvalue weighted by Crippen LogP contribution is 2.26. The molecule has 1 saturated heterocycles. The second-order valence-electron chi connectivity index (χ2n) is 6.63. The van der Waals surface area contributed by atoms with Gasteiger partial charge < -0.3 is 9.84 Å². The van der Waals surface area contributed by atoms with Crippen LogP contribution in [0.25, 0.3) is 10.7 Å². The van der Waals surface area contributed by atoms with Crippen LogP contribution in [0.1, 0.15) is 24.8 Å². The van der Waals surface area contributed by atoms with Crippen LogP contribution in [-0.2, 0) is 17.8 Å². The van der Waals surface area contributed by atoms with Gasteiger partial charge in [0.2, 0.25) is 11.7 Å². The minimum absolute atomic E-state index is 0.0377. The molecule has 0 unspecified atom stereocenters. The van der Waals surface area contributed by atoms with Crippen LogP contribution in [0.5, 0.6) is 0 Å². The number of carbonyl (C=O) groups is 2.